The fourth-order valence-corrected chi connectivity index (χ4v) is 6.44. The van der Waals surface area contributed by atoms with Crippen molar-refractivity contribution in [2.24, 2.45) is 5.92 Å². The number of hydrogen-bond donors (Lipinski definition) is 1. The van der Waals surface area contributed by atoms with Crippen LogP contribution < -0.4 is 5.32 Å². The minimum atomic E-state index is -3.00. The molecule has 0 bridgehead atoms. The predicted molar refractivity (Wildman–Crippen MR) is 119 cm³/mol. The van der Waals surface area contributed by atoms with E-state index in [4.69, 9.17) is 0 Å². The molecule has 0 spiro atoms. The number of sulfone groups is 1. The number of nitrogens with zero attached hydrogens (tertiary/aromatic N) is 3. The number of hydrogen-bond acceptors (Lipinski definition) is 5. The van der Waals surface area contributed by atoms with E-state index in [1.165, 1.54) is 0 Å². The predicted octanol–water partition coefficient (Wildman–Crippen LogP) is 2.08. The average molecular weight is 447 g/mol. The van der Waals surface area contributed by atoms with Crippen molar-refractivity contribution in [1.29, 1.82) is 0 Å². The van der Waals surface area contributed by atoms with Crippen LogP contribution in [0.2, 0.25) is 0 Å². The van der Waals surface area contributed by atoms with Gasteiger partial charge in [-0.1, -0.05) is 6.92 Å². The zero-order valence-electron chi connectivity index (χ0n) is 18.1. The van der Waals surface area contributed by atoms with E-state index in [1.54, 1.807) is 17.0 Å². The average Bonchev–Trinajstić information content (AvgIpc) is 3.28. The van der Waals surface area contributed by atoms with E-state index >= 15 is 0 Å². The minimum absolute atomic E-state index is 0.0238. The molecule has 1 N–H and O–H groups in total. The molecule has 4 rings (SSSR count). The van der Waals surface area contributed by atoms with Crippen molar-refractivity contribution in [3.63, 3.8) is 0 Å². The first-order valence-corrected chi connectivity index (χ1v) is 12.9. The number of nitrogens with one attached hydrogen (secondary N) is 1. The number of carbonyl (C=O) groups is 2. The molecule has 2 aliphatic rings. The van der Waals surface area contributed by atoms with Crippen molar-refractivity contribution in [1.82, 2.24) is 19.8 Å². The number of benzene rings is 1. The lowest BCUT2D eigenvalue weighted by atomic mass is 9.96. The van der Waals surface area contributed by atoms with Gasteiger partial charge in [-0.3, -0.25) is 9.59 Å². The van der Waals surface area contributed by atoms with Crippen LogP contribution in [-0.4, -0.2) is 65.8 Å². The van der Waals surface area contributed by atoms with Gasteiger partial charge in [0.05, 0.1) is 34.5 Å². The van der Waals surface area contributed by atoms with Crippen molar-refractivity contribution in [2.75, 3.05) is 31.1 Å². The van der Waals surface area contributed by atoms with E-state index in [1.807, 2.05) is 24.5 Å². The number of carbonyl (C=O) groups excluding carboxylic acids is 2. The Morgan fingerprint density at radius 1 is 1.26 bits per heavy atom. The minimum Gasteiger partial charge on any atom is -0.356 e. The Kier molecular flexibility index (Phi) is 6.05. The lowest BCUT2D eigenvalue weighted by Gasteiger charge is -2.32. The van der Waals surface area contributed by atoms with Gasteiger partial charge < -0.3 is 14.8 Å². The fourth-order valence-electron chi connectivity index (χ4n) is 4.74. The topological polar surface area (TPSA) is 101 Å². The summed E-state index contributed by atoms with van der Waals surface area (Å²) in [6.07, 6.45) is 3.08. The molecule has 2 amide bonds. The van der Waals surface area contributed by atoms with Crippen LogP contribution in [-0.2, 0) is 14.6 Å². The molecule has 0 aliphatic carbocycles. The van der Waals surface area contributed by atoms with E-state index in [-0.39, 0.29) is 35.3 Å². The molecule has 3 heterocycles. The highest BCUT2D eigenvalue weighted by Gasteiger charge is 2.32. The second kappa shape index (κ2) is 8.61. The number of likely N-dealkylation sites (tertiary alicyclic amines) is 1. The number of fused-ring (bicyclic) bond motifs is 1. The summed E-state index contributed by atoms with van der Waals surface area (Å²) < 4.78 is 25.8. The van der Waals surface area contributed by atoms with Crippen molar-refractivity contribution in [2.45, 2.75) is 45.6 Å². The molecule has 2 fully saturated rings. The zero-order valence-corrected chi connectivity index (χ0v) is 19.0. The number of aromatic nitrogens is 2. The summed E-state index contributed by atoms with van der Waals surface area (Å²) in [5.41, 5.74) is 2.10. The highest BCUT2D eigenvalue weighted by molar-refractivity contribution is 7.91. The normalized spacial score (nSPS) is 23.2. The lowest BCUT2D eigenvalue weighted by molar-refractivity contribution is -0.126. The summed E-state index contributed by atoms with van der Waals surface area (Å²) >= 11 is 0. The maximum absolute atomic E-state index is 13.1. The van der Waals surface area contributed by atoms with E-state index in [0.717, 1.165) is 30.6 Å². The van der Waals surface area contributed by atoms with Gasteiger partial charge in [-0.2, -0.15) is 0 Å². The number of rotatable bonds is 5. The summed E-state index contributed by atoms with van der Waals surface area (Å²) in [6, 6.07) is 5.32. The second-order valence-electron chi connectivity index (χ2n) is 8.67. The third kappa shape index (κ3) is 4.46. The molecular formula is C22H30N4O4S. The number of amides is 2. The molecule has 8 nitrogen and oxygen atoms in total. The van der Waals surface area contributed by atoms with Gasteiger partial charge in [-0.05, 0) is 50.8 Å². The van der Waals surface area contributed by atoms with E-state index < -0.39 is 9.84 Å². The Morgan fingerprint density at radius 3 is 2.77 bits per heavy atom. The van der Waals surface area contributed by atoms with Crippen LogP contribution >= 0.6 is 0 Å². The first-order chi connectivity index (χ1) is 14.8. The SMILES string of the molecule is CCCNC(=O)[C@@H]1CCCN(C(=O)c2ccc3c(c2)nc(C)n3[C@H]2CCS(=O)(=O)C2)C1. The highest BCUT2D eigenvalue weighted by Crippen LogP contribution is 2.30. The zero-order chi connectivity index (χ0) is 22.2. The quantitative estimate of drug-likeness (QED) is 0.758. The Bertz CT molecular complexity index is 1110. The first kappa shape index (κ1) is 21.8. The number of imidazole rings is 1. The molecule has 0 unspecified atom stereocenters. The molecule has 1 aromatic carbocycles. The van der Waals surface area contributed by atoms with Crippen LogP contribution in [0.1, 0.15) is 54.8 Å². The second-order valence-corrected chi connectivity index (χ2v) is 10.9. The molecule has 31 heavy (non-hydrogen) atoms. The Labute approximate surface area is 182 Å². The first-order valence-electron chi connectivity index (χ1n) is 11.0. The molecule has 0 radical (unpaired) electrons. The Hall–Kier alpha value is -2.42. The molecule has 1 aromatic heterocycles. The van der Waals surface area contributed by atoms with Crippen LogP contribution in [0.3, 0.4) is 0 Å². The van der Waals surface area contributed by atoms with Crippen molar-refractivity contribution in [3.05, 3.63) is 29.6 Å². The van der Waals surface area contributed by atoms with Crippen LogP contribution in [0.4, 0.5) is 0 Å². The molecule has 2 saturated heterocycles. The Morgan fingerprint density at radius 2 is 2.06 bits per heavy atom. The maximum Gasteiger partial charge on any atom is 0.253 e. The van der Waals surface area contributed by atoms with Crippen molar-refractivity contribution in [3.8, 4) is 0 Å². The lowest BCUT2D eigenvalue weighted by Crippen LogP contribution is -2.45. The van der Waals surface area contributed by atoms with Crippen molar-refractivity contribution < 1.29 is 18.0 Å². The molecule has 2 aromatic rings. The maximum atomic E-state index is 13.1. The van der Waals surface area contributed by atoms with Gasteiger partial charge in [-0.15, -0.1) is 0 Å². The van der Waals surface area contributed by atoms with E-state index in [0.29, 0.717) is 37.1 Å². The molecular weight excluding hydrogens is 416 g/mol. The monoisotopic (exact) mass is 446 g/mol. The van der Waals surface area contributed by atoms with Gasteiger partial charge in [0.15, 0.2) is 9.84 Å². The molecule has 2 aliphatic heterocycles. The van der Waals surface area contributed by atoms with Gasteiger partial charge >= 0.3 is 0 Å². The van der Waals surface area contributed by atoms with Gasteiger partial charge in [-0.25, -0.2) is 13.4 Å². The standard InChI is InChI=1S/C22H30N4O4S/c1-3-9-23-21(27)17-5-4-10-25(13-17)22(28)16-6-7-20-19(12-16)24-15(2)26(20)18-8-11-31(29,30)14-18/h6-7,12,17-18H,3-5,8-11,13-14H2,1-2H3,(H,23,27)/t17-,18+/m1/s1. The summed E-state index contributed by atoms with van der Waals surface area (Å²) in [6.45, 7) is 5.62. The molecule has 168 valence electrons. The Balaban J connectivity index is 1.53. The van der Waals surface area contributed by atoms with Crippen LogP contribution in [0.25, 0.3) is 11.0 Å². The fraction of sp³-hybridized carbons (Fsp3) is 0.591. The number of aryl methyl sites for hydroxylation is 1. The summed E-state index contributed by atoms with van der Waals surface area (Å²) in [5, 5.41) is 2.93. The van der Waals surface area contributed by atoms with Crippen LogP contribution in [0.5, 0.6) is 0 Å². The smallest absolute Gasteiger partial charge is 0.253 e. The molecule has 9 heteroatoms. The molecule has 0 saturated carbocycles. The van der Waals surface area contributed by atoms with Crippen LogP contribution in [0.15, 0.2) is 18.2 Å². The highest BCUT2D eigenvalue weighted by atomic mass is 32.2. The van der Waals surface area contributed by atoms with Crippen LogP contribution in [0, 0.1) is 12.8 Å². The largest absolute Gasteiger partial charge is 0.356 e. The third-order valence-corrected chi connectivity index (χ3v) is 8.07. The summed E-state index contributed by atoms with van der Waals surface area (Å²) in [4.78, 5) is 31.8. The summed E-state index contributed by atoms with van der Waals surface area (Å²) in [7, 11) is -3.00. The van der Waals surface area contributed by atoms with Gasteiger partial charge in [0.25, 0.3) is 5.91 Å². The number of piperidine rings is 1. The van der Waals surface area contributed by atoms with Gasteiger partial charge in [0.2, 0.25) is 5.91 Å². The third-order valence-electron chi connectivity index (χ3n) is 6.31. The summed E-state index contributed by atoms with van der Waals surface area (Å²) in [5.74, 6) is 0.859. The van der Waals surface area contributed by atoms with E-state index in [9.17, 15) is 18.0 Å². The molecule has 2 atom stereocenters. The van der Waals surface area contributed by atoms with Gasteiger partial charge in [0, 0.05) is 25.2 Å². The van der Waals surface area contributed by atoms with E-state index in [2.05, 4.69) is 10.3 Å². The van der Waals surface area contributed by atoms with Crippen molar-refractivity contribution >= 4 is 32.7 Å². The van der Waals surface area contributed by atoms with Gasteiger partial charge in [0.1, 0.15) is 5.82 Å².